The van der Waals surface area contributed by atoms with Gasteiger partial charge in [-0.1, -0.05) is 52.0 Å². The zero-order valence-corrected chi connectivity index (χ0v) is 16.5. The first-order valence-corrected chi connectivity index (χ1v) is 8.11. The van der Waals surface area contributed by atoms with E-state index in [-0.39, 0.29) is 19.5 Å². The van der Waals surface area contributed by atoms with E-state index in [9.17, 15) is 4.79 Å². The SMILES string of the molecule is CC(C)P(C(=S)N(C)[C-]=O)C(C)C.[C-]#[O+].[CH]1C=CC=C1.[Ru+]. The molecule has 0 aromatic rings. The molecule has 0 aromatic carbocycles. The summed E-state index contributed by atoms with van der Waals surface area (Å²) in [5.74, 6) is 0. The van der Waals surface area contributed by atoms with Crippen molar-refractivity contribution in [2.24, 2.45) is 0 Å². The Morgan fingerprint density at radius 2 is 1.52 bits per heavy atom. The third-order valence-electron chi connectivity index (χ3n) is 2.31. The van der Waals surface area contributed by atoms with Gasteiger partial charge in [0, 0.05) is 6.42 Å². The van der Waals surface area contributed by atoms with E-state index in [1.54, 1.807) is 7.05 Å². The minimum absolute atomic E-state index is 0. The van der Waals surface area contributed by atoms with E-state index < -0.39 is 7.92 Å². The van der Waals surface area contributed by atoms with Crippen molar-refractivity contribution in [2.45, 2.75) is 39.0 Å². The topological polar surface area (TPSA) is 40.2 Å². The van der Waals surface area contributed by atoms with Crippen LogP contribution in [0, 0.1) is 13.1 Å². The maximum absolute atomic E-state index is 10.4. The predicted molar refractivity (Wildman–Crippen MR) is 89.8 cm³/mol. The van der Waals surface area contributed by atoms with E-state index in [2.05, 4.69) is 34.3 Å². The summed E-state index contributed by atoms with van der Waals surface area (Å²) in [6.07, 6.45) is 11.8. The van der Waals surface area contributed by atoms with Crippen LogP contribution < -0.4 is 0 Å². The minimum Gasteiger partial charge on any atom is -0.0767 e. The van der Waals surface area contributed by atoms with Crippen molar-refractivity contribution in [3.63, 3.8) is 0 Å². The fourth-order valence-corrected chi connectivity index (χ4v) is 5.34. The standard InChI is InChI=1S/C9H17NOPS.C5H5.CO.Ru/c1-7(2)12(8(3)4)9(13)10(5)6-11;1-2-4-5-3-1;1-2;/h7-8H,1-5H3;1-5H;;/q-1;;;+1. The van der Waals surface area contributed by atoms with Crippen molar-refractivity contribution < 1.29 is 28.9 Å². The van der Waals surface area contributed by atoms with E-state index in [0.29, 0.717) is 11.3 Å². The molecule has 0 spiro atoms. The molecule has 1 aliphatic carbocycles. The van der Waals surface area contributed by atoms with Crippen LogP contribution >= 0.6 is 20.1 Å². The van der Waals surface area contributed by atoms with Crippen LogP contribution in [0.3, 0.4) is 0 Å². The fourth-order valence-electron chi connectivity index (χ4n) is 1.57. The summed E-state index contributed by atoms with van der Waals surface area (Å²) < 4.78 is 8.26. The summed E-state index contributed by atoms with van der Waals surface area (Å²) in [5.41, 5.74) is 1.05. The van der Waals surface area contributed by atoms with Crippen molar-refractivity contribution in [3.8, 4) is 0 Å². The molecular formula is C15H22NO2PRuS. The molecule has 1 amide bonds. The van der Waals surface area contributed by atoms with Crippen LogP contribution in [0.15, 0.2) is 24.3 Å². The normalized spacial score (nSPS) is 11.1. The molecular weight excluding hydrogens is 390 g/mol. The van der Waals surface area contributed by atoms with E-state index in [4.69, 9.17) is 16.9 Å². The average molecular weight is 412 g/mol. The van der Waals surface area contributed by atoms with Gasteiger partial charge in [-0.3, -0.25) is 0 Å². The predicted octanol–water partition coefficient (Wildman–Crippen LogP) is 3.85. The summed E-state index contributed by atoms with van der Waals surface area (Å²) in [5, 5.41) is 0. The third kappa shape index (κ3) is 12.1. The number of hydrogen-bond donors (Lipinski definition) is 0. The van der Waals surface area contributed by atoms with E-state index >= 15 is 0 Å². The number of rotatable bonds is 4. The van der Waals surface area contributed by atoms with Gasteiger partial charge in [0.15, 0.2) is 0 Å². The van der Waals surface area contributed by atoms with Gasteiger partial charge in [0.2, 0.25) is 0 Å². The molecule has 3 nitrogen and oxygen atoms in total. The summed E-state index contributed by atoms with van der Waals surface area (Å²) in [6.45, 7) is 13.1. The van der Waals surface area contributed by atoms with Crippen molar-refractivity contribution in [1.82, 2.24) is 4.90 Å². The molecule has 0 aromatic heterocycles. The van der Waals surface area contributed by atoms with E-state index in [0.717, 1.165) is 4.73 Å². The molecule has 21 heavy (non-hydrogen) atoms. The van der Waals surface area contributed by atoms with Crippen molar-refractivity contribution >= 4 is 31.3 Å². The number of allylic oxidation sites excluding steroid dienone is 4. The zero-order valence-electron chi connectivity index (χ0n) is 13.0. The Balaban J connectivity index is -0.000000336. The Morgan fingerprint density at radius 3 is 1.71 bits per heavy atom. The average Bonchev–Trinajstić information content (AvgIpc) is 2.98. The quantitative estimate of drug-likeness (QED) is 0.176. The second-order valence-electron chi connectivity index (χ2n) is 4.49. The second-order valence-corrected chi connectivity index (χ2v) is 8.48. The van der Waals surface area contributed by atoms with Gasteiger partial charge < -0.3 is 9.69 Å². The molecule has 0 aliphatic heterocycles. The van der Waals surface area contributed by atoms with Crippen LogP contribution in [0.25, 0.3) is 0 Å². The van der Waals surface area contributed by atoms with Gasteiger partial charge in [0.1, 0.15) is 0 Å². The largest absolute Gasteiger partial charge is 1.00 e. The molecule has 0 bridgehead atoms. The third-order valence-corrected chi connectivity index (χ3v) is 6.19. The molecule has 0 N–H and O–H groups in total. The van der Waals surface area contributed by atoms with Crippen LogP contribution in [0.1, 0.15) is 27.7 Å². The smallest absolute Gasteiger partial charge is 0.0767 e. The molecule has 0 atom stereocenters. The van der Waals surface area contributed by atoms with Crippen molar-refractivity contribution in [3.05, 3.63) is 37.4 Å². The van der Waals surface area contributed by atoms with Crippen LogP contribution in [0.4, 0.5) is 0 Å². The first kappa shape index (κ1) is 25.8. The molecule has 0 saturated carbocycles. The van der Waals surface area contributed by atoms with Gasteiger partial charge in [-0.2, -0.15) is 12.2 Å². The Kier molecular flexibility index (Phi) is 19.9. The van der Waals surface area contributed by atoms with Crippen molar-refractivity contribution in [1.29, 1.82) is 0 Å². The second kappa shape index (κ2) is 16.2. The molecule has 6 heteroatoms. The van der Waals surface area contributed by atoms with Crippen LogP contribution in [0.5, 0.6) is 0 Å². The maximum atomic E-state index is 10.4. The molecule has 1 rings (SSSR count). The summed E-state index contributed by atoms with van der Waals surface area (Å²) in [7, 11) is 1.29. The molecule has 118 valence electrons. The maximum Gasteiger partial charge on any atom is 1.00 e. The number of thiocarbonyl (C=S) groups is 1. The summed E-state index contributed by atoms with van der Waals surface area (Å²) in [4.78, 5) is 11.8. The minimum atomic E-state index is -0.390. The monoisotopic (exact) mass is 413 g/mol. The Morgan fingerprint density at radius 1 is 1.14 bits per heavy atom. The Bertz CT molecular complexity index is 350. The molecule has 0 fully saturated rings. The Labute approximate surface area is 148 Å². The molecule has 1 aliphatic rings. The first-order valence-electron chi connectivity index (χ1n) is 6.22. The number of carbonyl (C=O) groups excluding carboxylic acids is 1. The number of hydrogen-bond acceptors (Lipinski definition) is 2. The molecule has 0 heterocycles. The summed E-state index contributed by atoms with van der Waals surface area (Å²) in [6, 6.07) is 0. The van der Waals surface area contributed by atoms with Gasteiger partial charge >= 0.3 is 30.8 Å². The molecule has 0 saturated heterocycles. The summed E-state index contributed by atoms with van der Waals surface area (Å²) >= 11 is 5.24. The van der Waals surface area contributed by atoms with Gasteiger partial charge in [-0.05, 0) is 23.1 Å². The number of nitrogens with zero attached hydrogens (tertiary/aromatic N) is 1. The Hall–Kier alpha value is -0.167. The van der Waals surface area contributed by atoms with E-state index in [1.807, 2.05) is 37.1 Å². The van der Waals surface area contributed by atoms with Gasteiger partial charge in [-0.15, -0.1) is 7.92 Å². The van der Waals surface area contributed by atoms with Gasteiger partial charge in [0.05, 0.1) is 6.41 Å². The van der Waals surface area contributed by atoms with Gasteiger partial charge in [-0.25, -0.2) is 0 Å². The van der Waals surface area contributed by atoms with Crippen LogP contribution in [-0.4, -0.2) is 34.4 Å². The van der Waals surface area contributed by atoms with E-state index in [1.165, 1.54) is 4.90 Å². The van der Waals surface area contributed by atoms with Crippen molar-refractivity contribution in [2.75, 3.05) is 7.05 Å². The molecule has 0 unspecified atom stereocenters. The number of amides is 1. The van der Waals surface area contributed by atoms with Crippen LogP contribution in [0.2, 0.25) is 0 Å². The fraction of sp³-hybridized carbons (Fsp3) is 0.467. The first-order chi connectivity index (χ1) is 9.41. The van der Waals surface area contributed by atoms with Crippen LogP contribution in [-0.2, 0) is 28.9 Å². The zero-order chi connectivity index (χ0) is 16.1. The van der Waals surface area contributed by atoms with Gasteiger partial charge in [0.25, 0.3) is 0 Å². The molecule has 2 radical (unpaired) electrons.